The SMILES string of the molecule is CSC1CCCC(NC(=O)C2NCC3CCCC32)C1. The number of rotatable bonds is 3. The van der Waals surface area contributed by atoms with E-state index in [0.29, 0.717) is 12.0 Å². The first-order valence-corrected chi connectivity index (χ1v) is 9.13. The van der Waals surface area contributed by atoms with Crippen LogP contribution in [-0.2, 0) is 4.79 Å². The second-order valence-corrected chi connectivity index (χ2v) is 7.61. The van der Waals surface area contributed by atoms with Crippen LogP contribution in [0.2, 0.25) is 0 Å². The third kappa shape index (κ3) is 2.94. The Morgan fingerprint density at radius 3 is 2.89 bits per heavy atom. The van der Waals surface area contributed by atoms with E-state index in [1.807, 2.05) is 11.8 Å². The van der Waals surface area contributed by atoms with Gasteiger partial charge >= 0.3 is 0 Å². The Balaban J connectivity index is 1.53. The highest BCUT2D eigenvalue weighted by Crippen LogP contribution is 2.38. The van der Waals surface area contributed by atoms with Crippen molar-refractivity contribution in [3.05, 3.63) is 0 Å². The van der Waals surface area contributed by atoms with Crippen LogP contribution >= 0.6 is 11.8 Å². The van der Waals surface area contributed by atoms with Gasteiger partial charge < -0.3 is 10.6 Å². The Labute approximate surface area is 120 Å². The molecule has 2 N–H and O–H groups in total. The summed E-state index contributed by atoms with van der Waals surface area (Å²) in [6.07, 6.45) is 11.0. The first-order chi connectivity index (χ1) is 9.28. The van der Waals surface area contributed by atoms with Crippen molar-refractivity contribution in [1.29, 1.82) is 0 Å². The van der Waals surface area contributed by atoms with Gasteiger partial charge in [0.25, 0.3) is 0 Å². The van der Waals surface area contributed by atoms with Gasteiger partial charge in [-0.05, 0) is 56.7 Å². The zero-order valence-electron chi connectivity index (χ0n) is 11.9. The van der Waals surface area contributed by atoms with Crippen molar-refractivity contribution in [3.8, 4) is 0 Å². The Hall–Kier alpha value is -0.220. The van der Waals surface area contributed by atoms with E-state index in [0.717, 1.165) is 24.1 Å². The summed E-state index contributed by atoms with van der Waals surface area (Å²) < 4.78 is 0. The third-order valence-corrected chi connectivity index (χ3v) is 6.43. The molecule has 3 nitrogen and oxygen atoms in total. The maximum absolute atomic E-state index is 12.5. The van der Waals surface area contributed by atoms with Gasteiger partial charge in [-0.1, -0.05) is 12.8 Å². The molecule has 0 spiro atoms. The van der Waals surface area contributed by atoms with E-state index in [-0.39, 0.29) is 11.9 Å². The minimum atomic E-state index is 0.0992. The zero-order chi connectivity index (χ0) is 13.2. The van der Waals surface area contributed by atoms with E-state index in [1.165, 1.54) is 38.5 Å². The van der Waals surface area contributed by atoms with Gasteiger partial charge in [-0.15, -0.1) is 0 Å². The van der Waals surface area contributed by atoms with Gasteiger partial charge in [-0.2, -0.15) is 11.8 Å². The van der Waals surface area contributed by atoms with Crippen LogP contribution in [0.1, 0.15) is 44.9 Å². The average Bonchev–Trinajstić information content (AvgIpc) is 3.01. The van der Waals surface area contributed by atoms with Crippen molar-refractivity contribution >= 4 is 17.7 Å². The van der Waals surface area contributed by atoms with E-state index in [2.05, 4.69) is 16.9 Å². The van der Waals surface area contributed by atoms with Crippen LogP contribution in [0.4, 0.5) is 0 Å². The van der Waals surface area contributed by atoms with Crippen molar-refractivity contribution in [2.45, 2.75) is 62.3 Å². The molecule has 4 heteroatoms. The van der Waals surface area contributed by atoms with E-state index < -0.39 is 0 Å². The normalized spacial score (nSPS) is 42.1. The molecule has 1 amide bonds. The van der Waals surface area contributed by atoms with Crippen LogP contribution in [0.5, 0.6) is 0 Å². The maximum Gasteiger partial charge on any atom is 0.237 e. The monoisotopic (exact) mass is 282 g/mol. The van der Waals surface area contributed by atoms with E-state index in [4.69, 9.17) is 0 Å². The fraction of sp³-hybridized carbons (Fsp3) is 0.933. The van der Waals surface area contributed by atoms with Gasteiger partial charge in [0.1, 0.15) is 0 Å². The molecule has 2 saturated carbocycles. The number of amides is 1. The molecule has 1 saturated heterocycles. The van der Waals surface area contributed by atoms with Crippen molar-refractivity contribution in [2.24, 2.45) is 11.8 Å². The molecule has 5 unspecified atom stereocenters. The van der Waals surface area contributed by atoms with Crippen molar-refractivity contribution in [3.63, 3.8) is 0 Å². The molecule has 1 aliphatic heterocycles. The predicted octanol–water partition coefficient (Wildman–Crippen LogP) is 2.16. The highest BCUT2D eigenvalue weighted by molar-refractivity contribution is 7.99. The molecule has 0 aromatic carbocycles. The minimum absolute atomic E-state index is 0.0992. The molecule has 3 fully saturated rings. The molecule has 3 rings (SSSR count). The molecule has 5 atom stereocenters. The van der Waals surface area contributed by atoms with Crippen LogP contribution in [0.3, 0.4) is 0 Å². The van der Waals surface area contributed by atoms with Gasteiger partial charge in [0.05, 0.1) is 6.04 Å². The Bertz CT molecular complexity index is 336. The summed E-state index contributed by atoms with van der Waals surface area (Å²) in [5.41, 5.74) is 0. The molecular formula is C15H26N2OS. The quantitative estimate of drug-likeness (QED) is 0.833. The average molecular weight is 282 g/mol. The number of nitrogens with one attached hydrogen (secondary N) is 2. The fourth-order valence-electron chi connectivity index (χ4n) is 4.26. The molecule has 0 bridgehead atoms. The van der Waals surface area contributed by atoms with Gasteiger partial charge in [0.15, 0.2) is 0 Å². The standard InChI is InChI=1S/C15H26N2OS/c1-19-12-6-3-5-11(8-12)17-15(18)14-13-7-2-4-10(13)9-16-14/h10-14,16H,2-9H2,1H3,(H,17,18). The maximum atomic E-state index is 12.5. The Kier molecular flexibility index (Phi) is 4.37. The molecule has 19 heavy (non-hydrogen) atoms. The lowest BCUT2D eigenvalue weighted by molar-refractivity contribution is -0.124. The highest BCUT2D eigenvalue weighted by Gasteiger charge is 2.42. The largest absolute Gasteiger partial charge is 0.352 e. The smallest absolute Gasteiger partial charge is 0.237 e. The number of carbonyl (C=O) groups is 1. The molecule has 108 valence electrons. The van der Waals surface area contributed by atoms with Crippen LogP contribution in [-0.4, -0.2) is 36.0 Å². The van der Waals surface area contributed by atoms with Crippen molar-refractivity contribution < 1.29 is 4.79 Å². The number of hydrogen-bond acceptors (Lipinski definition) is 3. The summed E-state index contributed by atoms with van der Waals surface area (Å²) in [7, 11) is 0. The van der Waals surface area contributed by atoms with Crippen LogP contribution < -0.4 is 10.6 Å². The summed E-state index contributed by atoms with van der Waals surface area (Å²) >= 11 is 1.96. The lowest BCUT2D eigenvalue weighted by Crippen LogP contribution is -2.49. The van der Waals surface area contributed by atoms with Crippen LogP contribution in [0.25, 0.3) is 0 Å². The van der Waals surface area contributed by atoms with Crippen molar-refractivity contribution in [2.75, 3.05) is 12.8 Å². The molecule has 3 aliphatic rings. The van der Waals surface area contributed by atoms with Gasteiger partial charge in [0.2, 0.25) is 5.91 Å². The lowest BCUT2D eigenvalue weighted by Gasteiger charge is -2.30. The Morgan fingerprint density at radius 1 is 1.21 bits per heavy atom. The summed E-state index contributed by atoms with van der Waals surface area (Å²) in [6, 6.07) is 0.517. The van der Waals surface area contributed by atoms with E-state index in [1.54, 1.807) is 0 Å². The number of hydrogen-bond donors (Lipinski definition) is 2. The fourth-order valence-corrected chi connectivity index (χ4v) is 5.08. The first kappa shape index (κ1) is 13.7. The highest BCUT2D eigenvalue weighted by atomic mass is 32.2. The topological polar surface area (TPSA) is 41.1 Å². The predicted molar refractivity (Wildman–Crippen MR) is 80.3 cm³/mol. The lowest BCUT2D eigenvalue weighted by atomic mass is 9.91. The molecular weight excluding hydrogens is 256 g/mol. The minimum Gasteiger partial charge on any atom is -0.352 e. The molecule has 0 aromatic rings. The van der Waals surface area contributed by atoms with Gasteiger partial charge in [-0.25, -0.2) is 0 Å². The number of fused-ring (bicyclic) bond motifs is 1. The molecule has 0 radical (unpaired) electrons. The van der Waals surface area contributed by atoms with E-state index in [9.17, 15) is 4.79 Å². The third-order valence-electron chi connectivity index (χ3n) is 5.33. The summed E-state index contributed by atoms with van der Waals surface area (Å²) in [4.78, 5) is 12.5. The van der Waals surface area contributed by atoms with Crippen LogP contribution in [0.15, 0.2) is 0 Å². The van der Waals surface area contributed by atoms with Gasteiger partial charge in [-0.3, -0.25) is 4.79 Å². The second-order valence-electron chi connectivity index (χ2n) is 6.47. The zero-order valence-corrected chi connectivity index (χ0v) is 12.7. The Morgan fingerprint density at radius 2 is 2.05 bits per heavy atom. The molecule has 0 aromatic heterocycles. The molecule has 1 heterocycles. The first-order valence-electron chi connectivity index (χ1n) is 7.84. The van der Waals surface area contributed by atoms with E-state index >= 15 is 0 Å². The van der Waals surface area contributed by atoms with Crippen LogP contribution in [0, 0.1) is 11.8 Å². The molecule has 2 aliphatic carbocycles. The summed E-state index contributed by atoms with van der Waals surface area (Å²) in [5, 5.41) is 7.52. The summed E-state index contributed by atoms with van der Waals surface area (Å²) in [6.45, 7) is 1.06. The number of carbonyl (C=O) groups excluding carboxylic acids is 1. The summed E-state index contributed by atoms with van der Waals surface area (Å²) in [5.74, 6) is 1.65. The van der Waals surface area contributed by atoms with Crippen molar-refractivity contribution in [1.82, 2.24) is 10.6 Å². The van der Waals surface area contributed by atoms with Gasteiger partial charge in [0, 0.05) is 11.3 Å². The second kappa shape index (κ2) is 6.04. The number of thioether (sulfide) groups is 1.